The first kappa shape index (κ1) is 14.1. The van der Waals surface area contributed by atoms with E-state index in [1.807, 2.05) is 0 Å². The minimum absolute atomic E-state index is 0.391. The van der Waals surface area contributed by atoms with Gasteiger partial charge in [-0.3, -0.25) is 0 Å². The highest BCUT2D eigenvalue weighted by molar-refractivity contribution is 7.98. The number of aromatic hydroxyl groups is 2. The Bertz CT molecular complexity index is 311. The predicted octanol–water partition coefficient (Wildman–Crippen LogP) is 3.62. The van der Waals surface area contributed by atoms with Gasteiger partial charge in [-0.1, -0.05) is 20.8 Å². The van der Waals surface area contributed by atoms with Gasteiger partial charge in [-0.25, -0.2) is 4.39 Å². The van der Waals surface area contributed by atoms with Gasteiger partial charge in [0.1, 0.15) is 0 Å². The summed E-state index contributed by atoms with van der Waals surface area (Å²) in [7, 11) is 0. The summed E-state index contributed by atoms with van der Waals surface area (Å²) in [4.78, 5) is 0.462. The average Bonchev–Trinajstić information content (AvgIpc) is 2.14. The molecule has 0 unspecified atom stereocenters. The van der Waals surface area contributed by atoms with Crippen LogP contribution in [0.1, 0.15) is 20.8 Å². The topological polar surface area (TPSA) is 40.5 Å². The number of halogens is 1. The van der Waals surface area contributed by atoms with Crippen molar-refractivity contribution in [3.05, 3.63) is 17.9 Å². The summed E-state index contributed by atoms with van der Waals surface area (Å²) in [6.07, 6.45) is 1.73. The van der Waals surface area contributed by atoms with E-state index in [0.29, 0.717) is 4.90 Å². The van der Waals surface area contributed by atoms with Crippen molar-refractivity contribution in [2.45, 2.75) is 25.7 Å². The van der Waals surface area contributed by atoms with Crippen LogP contribution in [0.25, 0.3) is 0 Å². The molecule has 0 aliphatic carbocycles. The molecule has 0 bridgehead atoms. The number of benzene rings is 1. The minimum atomic E-state index is -0.805. The maximum atomic E-state index is 12.5. The van der Waals surface area contributed by atoms with Crippen LogP contribution in [0, 0.1) is 11.7 Å². The van der Waals surface area contributed by atoms with Crippen molar-refractivity contribution in [3.8, 4) is 11.5 Å². The first-order valence-corrected chi connectivity index (χ1v) is 5.87. The summed E-state index contributed by atoms with van der Waals surface area (Å²) in [5, 5.41) is 17.9. The lowest BCUT2D eigenvalue weighted by Crippen LogP contribution is -1.79. The zero-order chi connectivity index (χ0) is 12.0. The first-order chi connectivity index (χ1) is 6.90. The third-order valence-corrected chi connectivity index (χ3v) is 2.05. The molecule has 86 valence electrons. The van der Waals surface area contributed by atoms with Gasteiger partial charge in [0.05, 0.1) is 4.90 Å². The first-order valence-electron chi connectivity index (χ1n) is 4.64. The van der Waals surface area contributed by atoms with Crippen molar-refractivity contribution in [3.63, 3.8) is 0 Å². The predicted molar refractivity (Wildman–Crippen MR) is 62.0 cm³/mol. The number of thioether (sulfide) groups is 1. The highest BCUT2D eigenvalue weighted by Crippen LogP contribution is 2.36. The van der Waals surface area contributed by atoms with E-state index in [2.05, 4.69) is 20.8 Å². The molecule has 0 aliphatic rings. The maximum absolute atomic E-state index is 12.5. The average molecular weight is 232 g/mol. The monoisotopic (exact) mass is 232 g/mol. The third kappa shape index (κ3) is 4.93. The van der Waals surface area contributed by atoms with Gasteiger partial charge < -0.3 is 10.2 Å². The molecule has 1 aromatic carbocycles. The molecule has 1 aromatic rings. The largest absolute Gasteiger partial charge is 0.503 e. The second-order valence-electron chi connectivity index (χ2n) is 3.68. The summed E-state index contributed by atoms with van der Waals surface area (Å²) in [6, 6.07) is 2.52. The number of rotatable bonds is 1. The van der Waals surface area contributed by atoms with Crippen molar-refractivity contribution < 1.29 is 14.6 Å². The summed E-state index contributed by atoms with van der Waals surface area (Å²) in [5.74, 6) is -1.05. The molecule has 0 aliphatic heterocycles. The molecular weight excluding hydrogens is 215 g/mol. The third-order valence-electron chi connectivity index (χ3n) is 1.28. The molecule has 4 heteroatoms. The highest BCUT2D eigenvalue weighted by Gasteiger charge is 2.09. The Labute approximate surface area is 94.1 Å². The van der Waals surface area contributed by atoms with Crippen LogP contribution in [-0.4, -0.2) is 16.5 Å². The maximum Gasteiger partial charge on any atom is 0.195 e. The van der Waals surface area contributed by atoms with E-state index in [1.54, 1.807) is 6.26 Å². The summed E-state index contributed by atoms with van der Waals surface area (Å²) >= 11 is 1.24. The molecule has 0 radical (unpaired) electrons. The Balaban J connectivity index is 0.000000423. The lowest BCUT2D eigenvalue weighted by Gasteiger charge is -2.02. The standard InChI is InChI=1S/C7H7FO2S.C4H10/c1-11-5-3-2-4(8)6(9)7(5)10;1-4(2)3/h2-3,9-10H,1H3;4H,1-3H3. The number of phenolic OH excluding ortho intramolecular Hbond substituents is 2. The van der Waals surface area contributed by atoms with Gasteiger partial charge in [0.2, 0.25) is 0 Å². The fourth-order valence-corrected chi connectivity index (χ4v) is 1.20. The fraction of sp³-hybridized carbons (Fsp3) is 0.455. The van der Waals surface area contributed by atoms with Gasteiger partial charge in [0, 0.05) is 0 Å². The van der Waals surface area contributed by atoms with Gasteiger partial charge in [-0.05, 0) is 24.3 Å². The van der Waals surface area contributed by atoms with E-state index in [9.17, 15) is 4.39 Å². The molecule has 0 saturated carbocycles. The van der Waals surface area contributed by atoms with Crippen LogP contribution in [0.5, 0.6) is 11.5 Å². The van der Waals surface area contributed by atoms with Gasteiger partial charge in [0.25, 0.3) is 0 Å². The molecule has 0 saturated heterocycles. The molecule has 2 nitrogen and oxygen atoms in total. The van der Waals surface area contributed by atoms with Crippen LogP contribution in [-0.2, 0) is 0 Å². The lowest BCUT2D eigenvalue weighted by atomic mass is 10.3. The number of hydrogen-bond acceptors (Lipinski definition) is 3. The Kier molecular flexibility index (Phi) is 6.17. The van der Waals surface area contributed by atoms with Crippen LogP contribution in [0.3, 0.4) is 0 Å². The Morgan fingerprint density at radius 2 is 1.60 bits per heavy atom. The Hall–Kier alpha value is -0.900. The van der Waals surface area contributed by atoms with Gasteiger partial charge in [0.15, 0.2) is 17.3 Å². The molecule has 1 rings (SSSR count). The van der Waals surface area contributed by atoms with Crippen LogP contribution in [0.2, 0.25) is 0 Å². The molecule has 0 amide bonds. The molecule has 2 N–H and O–H groups in total. The van der Waals surface area contributed by atoms with Crippen molar-refractivity contribution in [2.24, 2.45) is 5.92 Å². The summed E-state index contributed by atoms with van der Waals surface area (Å²) in [6.45, 7) is 6.50. The normalized spacial score (nSPS) is 9.73. The summed E-state index contributed by atoms with van der Waals surface area (Å²) < 4.78 is 12.5. The molecule has 0 atom stereocenters. The van der Waals surface area contributed by atoms with Crippen LogP contribution >= 0.6 is 11.8 Å². The minimum Gasteiger partial charge on any atom is -0.503 e. The SMILES string of the molecule is CC(C)C.CSc1ccc(F)c(O)c1O. The van der Waals surface area contributed by atoms with Gasteiger partial charge >= 0.3 is 0 Å². The quantitative estimate of drug-likeness (QED) is 0.574. The van der Waals surface area contributed by atoms with Crippen LogP contribution in [0.15, 0.2) is 17.0 Å². The number of hydrogen-bond donors (Lipinski definition) is 2. The van der Waals surface area contributed by atoms with E-state index in [4.69, 9.17) is 10.2 Å². The highest BCUT2D eigenvalue weighted by atomic mass is 32.2. The molecule has 0 aromatic heterocycles. The molecule has 15 heavy (non-hydrogen) atoms. The zero-order valence-corrected chi connectivity index (χ0v) is 10.2. The van der Waals surface area contributed by atoms with Crippen LogP contribution < -0.4 is 0 Å². The van der Waals surface area contributed by atoms with Crippen molar-refractivity contribution in [2.75, 3.05) is 6.26 Å². The van der Waals surface area contributed by atoms with Crippen molar-refractivity contribution in [1.82, 2.24) is 0 Å². The van der Waals surface area contributed by atoms with Crippen LogP contribution in [0.4, 0.5) is 4.39 Å². The smallest absolute Gasteiger partial charge is 0.195 e. The Morgan fingerprint density at radius 3 is 2.00 bits per heavy atom. The van der Waals surface area contributed by atoms with E-state index in [0.717, 1.165) is 12.0 Å². The molecule has 0 heterocycles. The fourth-order valence-electron chi connectivity index (χ4n) is 0.701. The molecular formula is C11H17FO2S. The molecule has 0 spiro atoms. The zero-order valence-electron chi connectivity index (χ0n) is 9.41. The number of phenols is 2. The van der Waals surface area contributed by atoms with Gasteiger partial charge in [-0.2, -0.15) is 0 Å². The summed E-state index contributed by atoms with van der Waals surface area (Å²) in [5.41, 5.74) is 0. The van der Waals surface area contributed by atoms with Crippen molar-refractivity contribution >= 4 is 11.8 Å². The Morgan fingerprint density at radius 1 is 1.13 bits per heavy atom. The molecule has 0 fully saturated rings. The van der Waals surface area contributed by atoms with E-state index in [1.165, 1.54) is 17.8 Å². The second kappa shape index (κ2) is 6.56. The lowest BCUT2D eigenvalue weighted by molar-refractivity contribution is 0.371. The van der Waals surface area contributed by atoms with E-state index >= 15 is 0 Å². The second-order valence-corrected chi connectivity index (χ2v) is 4.53. The van der Waals surface area contributed by atoms with Gasteiger partial charge in [-0.15, -0.1) is 11.8 Å². The van der Waals surface area contributed by atoms with E-state index < -0.39 is 17.3 Å². The van der Waals surface area contributed by atoms with Crippen molar-refractivity contribution in [1.29, 1.82) is 0 Å². The van der Waals surface area contributed by atoms with E-state index in [-0.39, 0.29) is 0 Å².